The monoisotopic (exact) mass is 355 g/mol. The van der Waals surface area contributed by atoms with Crippen LogP contribution in [0.3, 0.4) is 0 Å². The van der Waals surface area contributed by atoms with E-state index >= 15 is 0 Å². The van der Waals surface area contributed by atoms with E-state index in [1.807, 2.05) is 12.1 Å². The number of ether oxygens (including phenoxy) is 1. The summed E-state index contributed by atoms with van der Waals surface area (Å²) >= 11 is 9.19. The highest BCUT2D eigenvalue weighted by Crippen LogP contribution is 2.35. The molecule has 0 radical (unpaired) electrons. The van der Waals surface area contributed by atoms with Gasteiger partial charge in [-0.2, -0.15) is 0 Å². The van der Waals surface area contributed by atoms with Crippen LogP contribution in [0.25, 0.3) is 0 Å². The Hall–Kier alpha value is -1.59. The molecule has 0 unspecified atom stereocenters. The van der Waals surface area contributed by atoms with E-state index in [4.69, 9.17) is 16.3 Å². The lowest BCUT2D eigenvalue weighted by atomic mass is 10.2. The first-order valence-electron chi connectivity index (χ1n) is 5.78. The molecule has 0 saturated carbocycles. The Morgan fingerprint density at radius 1 is 1.25 bits per heavy atom. The van der Waals surface area contributed by atoms with E-state index in [-0.39, 0.29) is 17.3 Å². The molecule has 0 amide bonds. The number of rotatable bonds is 4. The molecule has 0 N–H and O–H groups in total. The topological polar surface area (TPSA) is 52.4 Å². The molecule has 0 aromatic heterocycles. The quantitative estimate of drug-likeness (QED) is 0.430. The number of nitro benzene ring substituents is 1. The highest BCUT2D eigenvalue weighted by atomic mass is 79.9. The maximum Gasteiger partial charge on any atom is 0.311 e. The summed E-state index contributed by atoms with van der Waals surface area (Å²) in [6, 6.07) is 10.2. The van der Waals surface area contributed by atoms with E-state index in [1.165, 1.54) is 6.07 Å². The van der Waals surface area contributed by atoms with Crippen LogP contribution < -0.4 is 4.74 Å². The first kappa shape index (κ1) is 14.8. The normalized spacial score (nSPS) is 10.3. The van der Waals surface area contributed by atoms with E-state index in [0.29, 0.717) is 5.75 Å². The molecule has 0 saturated heterocycles. The molecule has 6 heteroatoms. The van der Waals surface area contributed by atoms with Crippen molar-refractivity contribution in [3.05, 3.63) is 62.1 Å². The highest BCUT2D eigenvalue weighted by molar-refractivity contribution is 9.10. The summed E-state index contributed by atoms with van der Waals surface area (Å²) in [5.41, 5.74) is 1.51. The summed E-state index contributed by atoms with van der Waals surface area (Å²) in [5.74, 6) is 0.967. The van der Waals surface area contributed by atoms with Gasteiger partial charge < -0.3 is 4.74 Å². The number of hydrogen-bond donors (Lipinski definition) is 0. The van der Waals surface area contributed by atoms with Crippen LogP contribution in [0.15, 0.2) is 40.9 Å². The van der Waals surface area contributed by atoms with Crippen LogP contribution in [0.2, 0.25) is 0 Å². The SMILES string of the molecule is Cc1ccc(Oc2cc(Br)ccc2CCl)c([N+](=O)[O-])c1. The van der Waals surface area contributed by atoms with Gasteiger partial charge in [-0.1, -0.05) is 28.1 Å². The molecule has 0 spiro atoms. The van der Waals surface area contributed by atoms with Crippen LogP contribution in [-0.2, 0) is 5.88 Å². The number of hydrogen-bond acceptors (Lipinski definition) is 3. The summed E-state index contributed by atoms with van der Waals surface area (Å²) < 4.78 is 6.49. The van der Waals surface area contributed by atoms with Gasteiger partial charge in [0.15, 0.2) is 0 Å². The van der Waals surface area contributed by atoms with E-state index in [1.54, 1.807) is 25.1 Å². The second kappa shape index (κ2) is 6.24. The molecule has 0 aliphatic rings. The van der Waals surface area contributed by atoms with Gasteiger partial charge in [0.1, 0.15) is 5.75 Å². The zero-order valence-electron chi connectivity index (χ0n) is 10.6. The molecule has 20 heavy (non-hydrogen) atoms. The van der Waals surface area contributed by atoms with Crippen LogP contribution in [0, 0.1) is 17.0 Å². The third-order valence-electron chi connectivity index (χ3n) is 2.70. The van der Waals surface area contributed by atoms with Crippen molar-refractivity contribution in [2.75, 3.05) is 0 Å². The summed E-state index contributed by atoms with van der Waals surface area (Å²) in [4.78, 5) is 10.6. The molecule has 4 nitrogen and oxygen atoms in total. The third kappa shape index (κ3) is 3.29. The molecule has 0 atom stereocenters. The number of halogens is 2. The third-order valence-corrected chi connectivity index (χ3v) is 3.49. The Kier molecular flexibility index (Phi) is 4.62. The summed E-state index contributed by atoms with van der Waals surface area (Å²) in [6.45, 7) is 1.79. The predicted octanol–water partition coefficient (Wildman–Crippen LogP) is 5.20. The van der Waals surface area contributed by atoms with Gasteiger partial charge in [-0.15, -0.1) is 11.6 Å². The fourth-order valence-electron chi connectivity index (χ4n) is 1.71. The lowest BCUT2D eigenvalue weighted by Gasteiger charge is -2.10. The van der Waals surface area contributed by atoms with Crippen LogP contribution in [0.1, 0.15) is 11.1 Å². The standard InChI is InChI=1S/C14H11BrClNO3/c1-9-2-5-13(12(6-9)17(18)19)20-14-7-11(15)4-3-10(14)8-16/h2-7H,8H2,1H3. The minimum absolute atomic E-state index is 0.0644. The molecule has 0 fully saturated rings. The Balaban J connectivity index is 2.44. The van der Waals surface area contributed by atoms with E-state index in [9.17, 15) is 10.1 Å². The van der Waals surface area contributed by atoms with Crippen LogP contribution in [0.4, 0.5) is 5.69 Å². The number of alkyl halides is 1. The van der Waals surface area contributed by atoms with Crippen molar-refractivity contribution in [2.24, 2.45) is 0 Å². The molecule has 2 aromatic carbocycles. The zero-order valence-corrected chi connectivity index (χ0v) is 12.9. The van der Waals surface area contributed by atoms with Crippen molar-refractivity contribution in [3.63, 3.8) is 0 Å². The average molecular weight is 357 g/mol. The molecular weight excluding hydrogens is 346 g/mol. The fraction of sp³-hybridized carbons (Fsp3) is 0.143. The number of nitrogens with zero attached hydrogens (tertiary/aromatic N) is 1. The second-order valence-electron chi connectivity index (χ2n) is 4.22. The van der Waals surface area contributed by atoms with Crippen LogP contribution >= 0.6 is 27.5 Å². The maximum atomic E-state index is 11.1. The lowest BCUT2D eigenvalue weighted by Crippen LogP contribution is -1.96. The van der Waals surface area contributed by atoms with Crippen molar-refractivity contribution in [2.45, 2.75) is 12.8 Å². The Labute approximate surface area is 129 Å². The van der Waals surface area contributed by atoms with Crippen LogP contribution in [-0.4, -0.2) is 4.92 Å². The van der Waals surface area contributed by atoms with Gasteiger partial charge in [-0.25, -0.2) is 0 Å². The van der Waals surface area contributed by atoms with Gasteiger partial charge in [0.05, 0.1) is 10.8 Å². The molecular formula is C14H11BrClNO3. The number of benzene rings is 2. The van der Waals surface area contributed by atoms with Crippen molar-refractivity contribution >= 4 is 33.2 Å². The summed E-state index contributed by atoms with van der Waals surface area (Å²) in [5, 5.41) is 11.1. The van der Waals surface area contributed by atoms with E-state index in [0.717, 1.165) is 15.6 Å². The average Bonchev–Trinajstić information content (AvgIpc) is 2.41. The molecule has 104 valence electrons. The highest BCUT2D eigenvalue weighted by Gasteiger charge is 2.17. The van der Waals surface area contributed by atoms with Crippen molar-refractivity contribution in [1.29, 1.82) is 0 Å². The van der Waals surface area contributed by atoms with Crippen LogP contribution in [0.5, 0.6) is 11.5 Å². The fourth-order valence-corrected chi connectivity index (χ4v) is 2.27. The first-order valence-corrected chi connectivity index (χ1v) is 7.11. The zero-order chi connectivity index (χ0) is 14.7. The molecule has 2 rings (SSSR count). The van der Waals surface area contributed by atoms with E-state index in [2.05, 4.69) is 15.9 Å². The minimum atomic E-state index is -0.458. The Morgan fingerprint density at radius 2 is 2.00 bits per heavy atom. The Morgan fingerprint density at radius 3 is 2.65 bits per heavy atom. The molecule has 2 aromatic rings. The maximum absolute atomic E-state index is 11.1. The molecule has 0 bridgehead atoms. The second-order valence-corrected chi connectivity index (χ2v) is 5.40. The van der Waals surface area contributed by atoms with E-state index < -0.39 is 4.92 Å². The summed E-state index contributed by atoms with van der Waals surface area (Å²) in [7, 11) is 0. The van der Waals surface area contributed by atoms with Gasteiger partial charge in [-0.05, 0) is 30.7 Å². The van der Waals surface area contributed by atoms with Crippen molar-refractivity contribution < 1.29 is 9.66 Å². The molecule has 0 aliphatic carbocycles. The van der Waals surface area contributed by atoms with Gasteiger partial charge in [-0.3, -0.25) is 10.1 Å². The minimum Gasteiger partial charge on any atom is -0.450 e. The van der Waals surface area contributed by atoms with Gasteiger partial charge in [0.2, 0.25) is 5.75 Å². The smallest absolute Gasteiger partial charge is 0.311 e. The lowest BCUT2D eigenvalue weighted by molar-refractivity contribution is -0.385. The number of aryl methyl sites for hydroxylation is 1. The number of nitro groups is 1. The van der Waals surface area contributed by atoms with Gasteiger partial charge >= 0.3 is 5.69 Å². The first-order chi connectivity index (χ1) is 9.51. The Bertz CT molecular complexity index is 661. The molecule has 0 aliphatic heterocycles. The largest absolute Gasteiger partial charge is 0.450 e. The predicted molar refractivity (Wildman–Crippen MR) is 81.6 cm³/mol. The molecule has 0 heterocycles. The van der Waals surface area contributed by atoms with Crippen molar-refractivity contribution in [3.8, 4) is 11.5 Å². The summed E-state index contributed by atoms with van der Waals surface area (Å²) in [6.07, 6.45) is 0. The van der Waals surface area contributed by atoms with Gasteiger partial charge in [0.25, 0.3) is 0 Å². The van der Waals surface area contributed by atoms with Gasteiger partial charge in [0, 0.05) is 16.1 Å². The van der Waals surface area contributed by atoms with Crippen molar-refractivity contribution in [1.82, 2.24) is 0 Å².